The molecule has 0 amide bonds. The second kappa shape index (κ2) is 8.27. The molecule has 1 aliphatic heterocycles. The number of benzene rings is 2. The van der Waals surface area contributed by atoms with Crippen molar-refractivity contribution >= 4 is 39.9 Å². The fourth-order valence-corrected chi connectivity index (χ4v) is 5.11. The lowest BCUT2D eigenvalue weighted by molar-refractivity contribution is -0.129. The van der Waals surface area contributed by atoms with Gasteiger partial charge in [-0.15, -0.1) is 0 Å². The molecular formula is C25H22ClN3O7. The van der Waals surface area contributed by atoms with E-state index in [2.05, 4.69) is 10.3 Å². The predicted octanol–water partition coefficient (Wildman–Crippen LogP) is 2.82. The highest BCUT2D eigenvalue weighted by atomic mass is 35.5. The van der Waals surface area contributed by atoms with Crippen molar-refractivity contribution < 1.29 is 23.8 Å². The van der Waals surface area contributed by atoms with Crippen molar-refractivity contribution in [2.24, 2.45) is 13.0 Å². The Morgan fingerprint density at radius 3 is 2.53 bits per heavy atom. The van der Waals surface area contributed by atoms with Gasteiger partial charge in [0.05, 0.1) is 25.3 Å². The van der Waals surface area contributed by atoms with E-state index in [0.29, 0.717) is 28.8 Å². The van der Waals surface area contributed by atoms with Gasteiger partial charge in [-0.25, -0.2) is 0 Å². The van der Waals surface area contributed by atoms with Crippen LogP contribution in [0.4, 0.5) is 5.69 Å². The highest BCUT2D eigenvalue weighted by Gasteiger charge is 2.60. The van der Waals surface area contributed by atoms with Crippen LogP contribution in [-0.2, 0) is 11.8 Å². The number of hydrogen-bond acceptors (Lipinski definition) is 8. The van der Waals surface area contributed by atoms with Crippen LogP contribution >= 0.6 is 11.6 Å². The number of allylic oxidation sites excluding steroid dienone is 1. The highest BCUT2D eigenvalue weighted by Crippen LogP contribution is 2.53. The Hall–Kier alpha value is -4.05. The first-order valence-electron chi connectivity index (χ1n) is 11.1. The zero-order valence-electron chi connectivity index (χ0n) is 19.9. The normalized spacial score (nSPS) is 20.8. The molecule has 0 bridgehead atoms. The molecule has 2 aliphatic rings. The molecule has 0 radical (unpaired) electrons. The van der Waals surface area contributed by atoms with Gasteiger partial charge in [0.2, 0.25) is 17.2 Å². The molecule has 5 rings (SSSR count). The largest absolute Gasteiger partial charge is 0.496 e. The third kappa shape index (κ3) is 3.25. The molecule has 2 atom stereocenters. The monoisotopic (exact) mass is 511 g/mol. The molecule has 1 spiro atoms. The molecule has 186 valence electrons. The number of methoxy groups -OCH3 is 2. The maximum absolute atomic E-state index is 13.6. The van der Waals surface area contributed by atoms with E-state index in [0.717, 1.165) is 0 Å². The fraction of sp³-hybridized carbons (Fsp3) is 0.280. The zero-order valence-corrected chi connectivity index (χ0v) is 20.6. The van der Waals surface area contributed by atoms with Crippen molar-refractivity contribution in [3.05, 3.63) is 67.3 Å². The standard InChI is InChI=1S/C25H22ClN3O7/c1-11-7-13(27-12-5-6-15-14(8-12)28-23(32)24(33)29(15)2)9-18(30)25(11)22(31)19-16(34-3)10-17(35-4)20(26)21(19)36-25/h5-6,8-11,27H,7H2,1-4H3,(H,28,32)/t11-,25+/m1/s1. The lowest BCUT2D eigenvalue weighted by Crippen LogP contribution is -2.55. The molecule has 3 aromatic rings. The number of H-pyrrole nitrogens is 1. The van der Waals surface area contributed by atoms with Gasteiger partial charge in [-0.2, -0.15) is 0 Å². The van der Waals surface area contributed by atoms with Crippen LogP contribution in [0.25, 0.3) is 11.0 Å². The first kappa shape index (κ1) is 23.7. The van der Waals surface area contributed by atoms with E-state index in [-0.39, 0.29) is 27.8 Å². The van der Waals surface area contributed by atoms with Gasteiger partial charge in [0.1, 0.15) is 22.1 Å². The average molecular weight is 512 g/mol. The Morgan fingerprint density at radius 1 is 1.14 bits per heavy atom. The number of aromatic nitrogens is 2. The van der Waals surface area contributed by atoms with Crippen LogP contribution in [0.3, 0.4) is 0 Å². The number of fused-ring (bicyclic) bond motifs is 2. The smallest absolute Gasteiger partial charge is 0.316 e. The molecule has 1 aliphatic carbocycles. The number of hydrogen-bond donors (Lipinski definition) is 2. The maximum Gasteiger partial charge on any atom is 0.316 e. The lowest BCUT2D eigenvalue weighted by Gasteiger charge is -2.35. The fourth-order valence-electron chi connectivity index (χ4n) is 4.85. The van der Waals surface area contributed by atoms with Crippen LogP contribution in [0.2, 0.25) is 5.02 Å². The molecule has 0 saturated heterocycles. The summed E-state index contributed by atoms with van der Waals surface area (Å²) in [7, 11) is 4.35. The summed E-state index contributed by atoms with van der Waals surface area (Å²) in [5.74, 6) is -1.06. The van der Waals surface area contributed by atoms with Crippen LogP contribution in [0, 0.1) is 5.92 Å². The zero-order chi connectivity index (χ0) is 25.9. The van der Waals surface area contributed by atoms with Gasteiger partial charge < -0.3 is 29.1 Å². The molecule has 2 N–H and O–H groups in total. The molecule has 2 heterocycles. The SMILES string of the molecule is COc1cc(OC)c2c(c1Cl)O[C@@]1(C(=O)C=C(Nc3ccc4c(c3)[nH]c(=O)c(=O)n4C)C[C@H]1C)C2=O. The van der Waals surface area contributed by atoms with Gasteiger partial charge in [0, 0.05) is 36.5 Å². The summed E-state index contributed by atoms with van der Waals surface area (Å²) in [6.45, 7) is 1.75. The third-order valence-electron chi connectivity index (χ3n) is 6.72. The Bertz CT molecular complexity index is 1620. The second-order valence-electron chi connectivity index (χ2n) is 8.78. The summed E-state index contributed by atoms with van der Waals surface area (Å²) in [4.78, 5) is 53.4. The van der Waals surface area contributed by atoms with Crippen molar-refractivity contribution in [3.8, 4) is 17.2 Å². The molecule has 0 unspecified atom stereocenters. The summed E-state index contributed by atoms with van der Waals surface area (Å²) in [6.07, 6.45) is 1.65. The number of nitrogens with zero attached hydrogens (tertiary/aromatic N) is 1. The van der Waals surface area contributed by atoms with Crippen LogP contribution in [0.15, 0.2) is 45.6 Å². The molecule has 0 saturated carbocycles. The Labute approximate surface area is 209 Å². The minimum Gasteiger partial charge on any atom is -0.496 e. The van der Waals surface area contributed by atoms with Crippen LogP contribution < -0.4 is 30.6 Å². The number of aryl methyl sites for hydroxylation is 1. The van der Waals surface area contributed by atoms with E-state index in [4.69, 9.17) is 25.8 Å². The summed E-state index contributed by atoms with van der Waals surface area (Å²) < 4.78 is 17.9. The number of ketones is 2. The Morgan fingerprint density at radius 2 is 1.86 bits per heavy atom. The minimum atomic E-state index is -1.77. The molecule has 2 aromatic carbocycles. The number of halogens is 1. The van der Waals surface area contributed by atoms with Crippen molar-refractivity contribution in [3.63, 3.8) is 0 Å². The van der Waals surface area contributed by atoms with E-state index in [1.54, 1.807) is 25.1 Å². The number of Topliss-reactive ketones (excluding diaryl/α,β-unsaturated/α-hetero) is 1. The first-order valence-corrected chi connectivity index (χ1v) is 11.4. The van der Waals surface area contributed by atoms with E-state index >= 15 is 0 Å². The summed E-state index contributed by atoms with van der Waals surface area (Å²) in [6, 6.07) is 6.57. The van der Waals surface area contributed by atoms with Crippen molar-refractivity contribution in [1.82, 2.24) is 9.55 Å². The van der Waals surface area contributed by atoms with E-state index in [9.17, 15) is 19.2 Å². The number of carbonyl (C=O) groups excluding carboxylic acids is 2. The number of ether oxygens (including phenoxy) is 3. The van der Waals surface area contributed by atoms with E-state index in [1.807, 2.05) is 0 Å². The molecule has 10 nitrogen and oxygen atoms in total. The summed E-state index contributed by atoms with van der Waals surface area (Å²) >= 11 is 6.42. The molecule has 11 heteroatoms. The topological polar surface area (TPSA) is 129 Å². The maximum atomic E-state index is 13.6. The number of anilines is 1. The van der Waals surface area contributed by atoms with Gasteiger partial charge in [-0.1, -0.05) is 18.5 Å². The molecule has 1 aromatic heterocycles. The number of carbonyl (C=O) groups is 2. The van der Waals surface area contributed by atoms with Gasteiger partial charge in [0.15, 0.2) is 5.75 Å². The summed E-state index contributed by atoms with van der Waals surface area (Å²) in [5, 5.41) is 3.26. The van der Waals surface area contributed by atoms with Crippen LogP contribution in [0.1, 0.15) is 23.7 Å². The number of nitrogens with one attached hydrogen (secondary N) is 2. The second-order valence-corrected chi connectivity index (χ2v) is 9.16. The molecule has 0 fully saturated rings. The van der Waals surface area contributed by atoms with Gasteiger partial charge >= 0.3 is 11.1 Å². The highest BCUT2D eigenvalue weighted by molar-refractivity contribution is 6.36. The van der Waals surface area contributed by atoms with Crippen molar-refractivity contribution in [1.29, 1.82) is 0 Å². The van der Waals surface area contributed by atoms with E-state index < -0.39 is 34.2 Å². The average Bonchev–Trinajstić information content (AvgIpc) is 3.16. The quantitative estimate of drug-likeness (QED) is 0.404. The lowest BCUT2D eigenvalue weighted by atomic mass is 9.74. The van der Waals surface area contributed by atoms with Crippen molar-refractivity contribution in [2.75, 3.05) is 19.5 Å². The predicted molar refractivity (Wildman–Crippen MR) is 133 cm³/mol. The van der Waals surface area contributed by atoms with E-state index in [1.165, 1.54) is 38.0 Å². The third-order valence-corrected chi connectivity index (χ3v) is 7.08. The van der Waals surface area contributed by atoms with Gasteiger partial charge in [-0.3, -0.25) is 19.2 Å². The first-order chi connectivity index (χ1) is 17.1. The minimum absolute atomic E-state index is 0.0620. The van der Waals surface area contributed by atoms with Gasteiger partial charge in [0.25, 0.3) is 0 Å². The van der Waals surface area contributed by atoms with Crippen LogP contribution in [0.5, 0.6) is 17.2 Å². The summed E-state index contributed by atoms with van der Waals surface area (Å²) in [5.41, 5.74) is -0.884. The Balaban J connectivity index is 1.50. The molecule has 36 heavy (non-hydrogen) atoms. The molecular weight excluding hydrogens is 490 g/mol. The van der Waals surface area contributed by atoms with Crippen molar-refractivity contribution in [2.45, 2.75) is 18.9 Å². The number of aromatic amines is 1. The van der Waals surface area contributed by atoms with Gasteiger partial charge in [-0.05, 0) is 24.6 Å². The Kier molecular flexibility index (Phi) is 5.44. The van der Waals surface area contributed by atoms with Crippen LogP contribution in [-0.4, -0.2) is 40.9 Å². The number of rotatable bonds is 4.